The maximum absolute atomic E-state index is 10.6. The van der Waals surface area contributed by atoms with Crippen LogP contribution in [0.15, 0.2) is 85.5 Å². The minimum atomic E-state index is -3.28. The van der Waals surface area contributed by atoms with Gasteiger partial charge in [-0.2, -0.15) is 8.42 Å². The lowest BCUT2D eigenvalue weighted by molar-refractivity contribution is -0.117. The molecule has 1 saturated heterocycles. The van der Waals surface area contributed by atoms with Crippen LogP contribution in [-0.4, -0.2) is 103 Å². The molecular weight excluding hydrogens is 793 g/mol. The van der Waals surface area contributed by atoms with Crippen molar-refractivity contribution < 1.29 is 42.2 Å². The molecule has 344 valence electrons. The van der Waals surface area contributed by atoms with Crippen LogP contribution in [0.3, 0.4) is 0 Å². The molecule has 0 radical (unpaired) electrons. The molecule has 0 spiro atoms. The van der Waals surface area contributed by atoms with E-state index in [1.807, 2.05) is 52.0 Å². The second-order valence-corrected chi connectivity index (χ2v) is 21.2. The second kappa shape index (κ2) is 23.6. The van der Waals surface area contributed by atoms with Crippen LogP contribution in [-0.2, 0) is 29.9 Å². The molecule has 2 atom stereocenters. The summed E-state index contributed by atoms with van der Waals surface area (Å²) >= 11 is 0. The normalized spacial score (nSPS) is 14.3. The van der Waals surface area contributed by atoms with Gasteiger partial charge < -0.3 is 30.1 Å². The van der Waals surface area contributed by atoms with Gasteiger partial charge >= 0.3 is 0 Å². The molecule has 1 heterocycles. The first-order chi connectivity index (χ1) is 27.8. The van der Waals surface area contributed by atoms with Crippen LogP contribution >= 0.6 is 0 Å². The molecule has 4 N–H and O–H groups in total. The summed E-state index contributed by atoms with van der Waals surface area (Å²) in [5.74, 6) is 1.45. The number of nitrogens with one attached hydrogen (secondary N) is 1. The molecule has 0 bridgehead atoms. The van der Waals surface area contributed by atoms with Crippen molar-refractivity contribution in [2.75, 3.05) is 45.8 Å². The Hall–Kier alpha value is -3.78. The number of nitrogens with zero attached hydrogens (tertiary/aromatic N) is 1. The first kappa shape index (κ1) is 55.2. The third-order valence-corrected chi connectivity index (χ3v) is 10.2. The zero-order chi connectivity index (χ0) is 47.0. The number of ether oxygens (including phenoxy) is 2. The summed E-state index contributed by atoms with van der Waals surface area (Å²) < 4.78 is 36.8. The highest BCUT2D eigenvalue weighted by Gasteiger charge is 2.30. The summed E-state index contributed by atoms with van der Waals surface area (Å²) in [4.78, 5) is 13.0. The number of amides is 1. The Bertz CT molecular complexity index is 1780. The van der Waals surface area contributed by atoms with Crippen LogP contribution in [0.4, 0.5) is 0 Å². The van der Waals surface area contributed by atoms with Gasteiger partial charge in [-0.25, -0.2) is 0 Å². The lowest BCUT2D eigenvalue weighted by Gasteiger charge is -2.31. The molecule has 1 fully saturated rings. The van der Waals surface area contributed by atoms with E-state index in [2.05, 4.69) is 118 Å². The molecule has 1 aliphatic rings. The van der Waals surface area contributed by atoms with Crippen LogP contribution in [0.1, 0.15) is 119 Å². The fourth-order valence-corrected chi connectivity index (χ4v) is 6.61. The Morgan fingerprint density at radius 3 is 1.43 bits per heavy atom. The lowest BCUT2D eigenvalue weighted by Crippen LogP contribution is -2.39. The van der Waals surface area contributed by atoms with E-state index in [9.17, 15) is 23.4 Å². The second-order valence-electron chi connectivity index (χ2n) is 19.6. The van der Waals surface area contributed by atoms with Crippen LogP contribution in [0.2, 0.25) is 0 Å². The summed E-state index contributed by atoms with van der Waals surface area (Å²) in [6, 6.07) is 24.9. The zero-order valence-corrected chi connectivity index (χ0v) is 40.6. The number of aliphatic hydroxyl groups is 3. The smallest absolute Gasteiger partial charge is 0.264 e. The number of hydrogen-bond acceptors (Lipinski definition) is 10. The molecule has 61 heavy (non-hydrogen) atoms. The number of rotatable bonds is 14. The van der Waals surface area contributed by atoms with Gasteiger partial charge in [-0.1, -0.05) is 89.7 Å². The molecule has 3 aromatic rings. The lowest BCUT2D eigenvalue weighted by atomic mass is 9.73. The molecule has 4 rings (SSSR count). The zero-order valence-electron chi connectivity index (χ0n) is 39.8. The Labute approximate surface area is 368 Å². The molecule has 11 nitrogen and oxygen atoms in total. The number of carbonyl (C=O) groups excluding carboxylic acids is 1. The van der Waals surface area contributed by atoms with E-state index in [0.717, 1.165) is 17.6 Å². The van der Waals surface area contributed by atoms with Gasteiger partial charge in [0.15, 0.2) is 0 Å². The van der Waals surface area contributed by atoms with Gasteiger partial charge in [0.25, 0.3) is 10.1 Å². The van der Waals surface area contributed by atoms with E-state index in [4.69, 9.17) is 14.6 Å². The van der Waals surface area contributed by atoms with E-state index in [1.165, 1.54) is 35.9 Å². The van der Waals surface area contributed by atoms with E-state index in [-0.39, 0.29) is 48.0 Å². The van der Waals surface area contributed by atoms with E-state index < -0.39 is 21.8 Å². The topological polar surface area (TPSA) is 155 Å². The summed E-state index contributed by atoms with van der Waals surface area (Å²) in [6.45, 7) is 34.7. The van der Waals surface area contributed by atoms with Crippen molar-refractivity contribution in [2.45, 2.75) is 131 Å². The highest BCUT2D eigenvalue weighted by atomic mass is 32.2. The van der Waals surface area contributed by atoms with Crippen LogP contribution in [0, 0.1) is 5.92 Å². The summed E-state index contributed by atoms with van der Waals surface area (Å²) in [5.41, 5.74) is 4.07. The molecule has 1 aliphatic heterocycles. The monoisotopic (exact) mass is 871 g/mol. The van der Waals surface area contributed by atoms with Gasteiger partial charge in [0.1, 0.15) is 24.2 Å². The van der Waals surface area contributed by atoms with Crippen LogP contribution < -0.4 is 14.8 Å². The molecule has 0 saturated carbocycles. The Morgan fingerprint density at radius 2 is 1.16 bits per heavy atom. The number of carbonyl (C=O) groups is 1. The van der Waals surface area contributed by atoms with Crippen molar-refractivity contribution in [3.05, 3.63) is 108 Å². The number of hydrogen-bond donors (Lipinski definition) is 4. The van der Waals surface area contributed by atoms with Gasteiger partial charge in [-0.3, -0.25) is 13.9 Å². The first-order valence-corrected chi connectivity index (χ1v) is 22.7. The summed E-state index contributed by atoms with van der Waals surface area (Å²) in [5, 5.41) is 30.4. The van der Waals surface area contributed by atoms with E-state index in [1.54, 1.807) is 20.8 Å². The van der Waals surface area contributed by atoms with Gasteiger partial charge in [-0.15, -0.1) is 0 Å². The largest absolute Gasteiger partial charge is 0.493 e. The third kappa shape index (κ3) is 22.2. The van der Waals surface area contributed by atoms with Gasteiger partial charge in [0.2, 0.25) is 5.91 Å². The van der Waals surface area contributed by atoms with E-state index >= 15 is 0 Å². The van der Waals surface area contributed by atoms with Gasteiger partial charge in [-0.05, 0) is 115 Å². The van der Waals surface area contributed by atoms with Crippen molar-refractivity contribution in [2.24, 2.45) is 5.92 Å². The maximum atomic E-state index is 10.6. The number of benzene rings is 3. The maximum Gasteiger partial charge on any atom is 0.264 e. The molecular formula is C49H78N2O9S. The summed E-state index contributed by atoms with van der Waals surface area (Å²) in [7, 11) is -3.28. The van der Waals surface area contributed by atoms with Crippen molar-refractivity contribution in [3.63, 3.8) is 0 Å². The summed E-state index contributed by atoms with van der Waals surface area (Å²) in [6.07, 6.45) is 1.43. The first-order valence-electron chi connectivity index (χ1n) is 20.9. The quantitative estimate of drug-likeness (QED) is 0.0712. The van der Waals surface area contributed by atoms with Crippen LogP contribution in [0.5, 0.6) is 11.5 Å². The standard InChI is InChI=1S/C31H40O5.C7H13NO.C6H13N.C5H12O3S/c1-22(18-32)20-35-28-13-9-23(10-14-28)30(2,3)25-7-6-8-26(17-25)31(4,5)24-11-15-29(16-12-24)36-21-27(34)19-33;1-5-6(9)8-7(2,3)4;1-6(2,3)7-4-5-7;1-5(2,3)8-9(4,6)7/h6-17,22,27,32-34H,18-21H2,1-5H3;5H,1H2,2-4H3,(H,8,9);4-5H2,1-3H3;1-4H3. The van der Waals surface area contributed by atoms with Crippen LogP contribution in [0.25, 0.3) is 0 Å². The Kier molecular flexibility index (Phi) is 21.4. The molecule has 3 aromatic carbocycles. The molecule has 12 heteroatoms. The van der Waals surface area contributed by atoms with Crippen molar-refractivity contribution >= 4 is 16.0 Å². The average Bonchev–Trinajstić information content (AvgIpc) is 4.02. The predicted molar refractivity (Wildman–Crippen MR) is 249 cm³/mol. The average molecular weight is 871 g/mol. The van der Waals surface area contributed by atoms with Gasteiger partial charge in [0.05, 0.1) is 25.1 Å². The molecule has 2 unspecified atom stereocenters. The highest BCUT2D eigenvalue weighted by Crippen LogP contribution is 2.38. The van der Waals surface area contributed by atoms with Crippen molar-refractivity contribution in [3.8, 4) is 11.5 Å². The Balaban J connectivity index is 0.000000597. The fourth-order valence-electron chi connectivity index (χ4n) is 5.70. The van der Waals surface area contributed by atoms with Gasteiger partial charge in [0, 0.05) is 47.5 Å². The van der Waals surface area contributed by atoms with Crippen molar-refractivity contribution in [1.29, 1.82) is 0 Å². The minimum Gasteiger partial charge on any atom is -0.493 e. The highest BCUT2D eigenvalue weighted by molar-refractivity contribution is 7.86. The van der Waals surface area contributed by atoms with E-state index in [0.29, 0.717) is 17.9 Å². The SMILES string of the molecule is C=CC(=O)NC(C)(C)C.CC(C)(C)N1CC1.CC(C)(C)OS(C)(=O)=O.CC(CO)COc1ccc(C(C)(C)c2cccc(C(C)(C)c3ccc(OCC(O)CO)cc3)c2)cc1. The fraction of sp³-hybridized carbons (Fsp3) is 0.571. The molecule has 0 aromatic heterocycles. The Morgan fingerprint density at radius 1 is 0.738 bits per heavy atom. The van der Waals surface area contributed by atoms with Crippen molar-refractivity contribution in [1.82, 2.24) is 10.2 Å². The molecule has 0 aliphatic carbocycles. The predicted octanol–water partition coefficient (Wildman–Crippen LogP) is 8.03. The third-order valence-electron chi connectivity index (χ3n) is 9.44. The number of aliphatic hydroxyl groups excluding tert-OH is 3. The minimum absolute atomic E-state index is 0.0608. The molecule has 1 amide bonds.